The first-order chi connectivity index (χ1) is 8.49. The molecule has 0 fully saturated rings. The smallest absolute Gasteiger partial charge is 0.311 e. The lowest BCUT2D eigenvalue weighted by atomic mass is 10.1. The second-order valence-electron chi connectivity index (χ2n) is 3.76. The number of aryl methyl sites for hydroxylation is 1. The maximum atomic E-state index is 12.7. The van der Waals surface area contributed by atoms with E-state index in [9.17, 15) is 13.6 Å². The molecule has 0 bridgehead atoms. The first kappa shape index (κ1) is 14.5. The van der Waals surface area contributed by atoms with E-state index in [2.05, 4.69) is 4.98 Å². The first-order valence-corrected chi connectivity index (χ1v) is 5.62. The summed E-state index contributed by atoms with van der Waals surface area (Å²) in [5.74, 6) is -0.441. The zero-order valence-corrected chi connectivity index (χ0v) is 10.4. The van der Waals surface area contributed by atoms with Crippen molar-refractivity contribution in [1.82, 2.24) is 4.98 Å². The Morgan fingerprint density at radius 1 is 1.56 bits per heavy atom. The fourth-order valence-electron chi connectivity index (χ4n) is 1.61. The van der Waals surface area contributed by atoms with Gasteiger partial charge in [-0.1, -0.05) is 0 Å². The number of rotatable bonds is 5. The van der Waals surface area contributed by atoms with Crippen molar-refractivity contribution in [3.8, 4) is 0 Å². The molecular formula is C12H16F2N2O2. The number of nitrogens with two attached hydrogens (primary N) is 1. The second-order valence-corrected chi connectivity index (χ2v) is 3.76. The van der Waals surface area contributed by atoms with Gasteiger partial charge in [0.2, 0.25) is 0 Å². The van der Waals surface area contributed by atoms with E-state index in [1.54, 1.807) is 6.92 Å². The molecule has 0 spiro atoms. The van der Waals surface area contributed by atoms with E-state index in [4.69, 9.17) is 10.5 Å². The average molecular weight is 258 g/mol. The predicted molar refractivity (Wildman–Crippen MR) is 62.2 cm³/mol. The summed E-state index contributed by atoms with van der Waals surface area (Å²) in [5, 5.41) is 0. The maximum Gasteiger partial charge on any atom is 0.311 e. The molecule has 1 aromatic rings. The number of esters is 1. The van der Waals surface area contributed by atoms with E-state index >= 15 is 0 Å². The van der Waals surface area contributed by atoms with Gasteiger partial charge in [-0.05, 0) is 25.5 Å². The van der Waals surface area contributed by atoms with Crippen LogP contribution in [-0.2, 0) is 22.5 Å². The van der Waals surface area contributed by atoms with Crippen molar-refractivity contribution in [2.75, 3.05) is 6.61 Å². The van der Waals surface area contributed by atoms with Crippen LogP contribution in [0.2, 0.25) is 0 Å². The average Bonchev–Trinajstić information content (AvgIpc) is 2.29. The molecule has 4 nitrogen and oxygen atoms in total. The number of nitrogens with zero attached hydrogens (tertiary/aromatic N) is 1. The van der Waals surface area contributed by atoms with Gasteiger partial charge >= 0.3 is 5.97 Å². The maximum absolute atomic E-state index is 12.7. The number of alkyl halides is 2. The summed E-state index contributed by atoms with van der Waals surface area (Å²) < 4.78 is 30.2. The lowest BCUT2D eigenvalue weighted by Crippen LogP contribution is -2.14. The summed E-state index contributed by atoms with van der Waals surface area (Å²) in [6, 6.07) is 1.31. The molecule has 1 aromatic heterocycles. The third-order valence-electron chi connectivity index (χ3n) is 2.49. The molecule has 1 heterocycles. The molecule has 0 aromatic carbocycles. The Morgan fingerprint density at radius 3 is 2.72 bits per heavy atom. The Labute approximate surface area is 104 Å². The van der Waals surface area contributed by atoms with Gasteiger partial charge in [-0.3, -0.25) is 9.78 Å². The van der Waals surface area contributed by atoms with Crippen LogP contribution >= 0.6 is 0 Å². The van der Waals surface area contributed by atoms with Crippen LogP contribution in [0.5, 0.6) is 0 Å². The van der Waals surface area contributed by atoms with Crippen molar-refractivity contribution in [1.29, 1.82) is 0 Å². The van der Waals surface area contributed by atoms with Crippen LogP contribution in [0, 0.1) is 6.92 Å². The fourth-order valence-corrected chi connectivity index (χ4v) is 1.61. The summed E-state index contributed by atoms with van der Waals surface area (Å²) in [6.07, 6.45) is -2.65. The molecular weight excluding hydrogens is 242 g/mol. The summed E-state index contributed by atoms with van der Waals surface area (Å²) in [6.45, 7) is 3.50. The molecule has 0 radical (unpaired) electrons. The molecule has 0 amide bonds. The van der Waals surface area contributed by atoms with Crippen LogP contribution in [0.1, 0.15) is 35.9 Å². The van der Waals surface area contributed by atoms with Crippen LogP contribution in [0.15, 0.2) is 6.07 Å². The minimum Gasteiger partial charge on any atom is -0.466 e. The molecule has 0 saturated carbocycles. The molecule has 0 aliphatic rings. The number of carbonyl (C=O) groups excluding carboxylic acids is 1. The van der Waals surface area contributed by atoms with Gasteiger partial charge in [0.05, 0.1) is 18.7 Å². The molecule has 0 aliphatic heterocycles. The van der Waals surface area contributed by atoms with Gasteiger partial charge in [-0.25, -0.2) is 8.78 Å². The molecule has 0 saturated heterocycles. The molecule has 2 N–H and O–H groups in total. The zero-order valence-electron chi connectivity index (χ0n) is 10.4. The summed E-state index contributed by atoms with van der Waals surface area (Å²) in [7, 11) is 0. The molecule has 18 heavy (non-hydrogen) atoms. The van der Waals surface area contributed by atoms with Crippen LogP contribution in [0.4, 0.5) is 8.78 Å². The van der Waals surface area contributed by atoms with Crippen molar-refractivity contribution in [3.05, 3.63) is 28.6 Å². The van der Waals surface area contributed by atoms with Crippen molar-refractivity contribution >= 4 is 5.97 Å². The Kier molecular flexibility index (Phi) is 5.15. The lowest BCUT2D eigenvalue weighted by Gasteiger charge is -2.11. The number of hydrogen-bond donors (Lipinski definition) is 1. The summed E-state index contributed by atoms with van der Waals surface area (Å²) in [4.78, 5) is 15.4. The number of halogens is 2. The van der Waals surface area contributed by atoms with Crippen LogP contribution in [-0.4, -0.2) is 17.6 Å². The summed E-state index contributed by atoms with van der Waals surface area (Å²) >= 11 is 0. The molecule has 0 unspecified atom stereocenters. The molecule has 0 atom stereocenters. The highest BCUT2D eigenvalue weighted by Gasteiger charge is 2.17. The second kappa shape index (κ2) is 6.39. The quantitative estimate of drug-likeness (QED) is 0.819. The van der Waals surface area contributed by atoms with E-state index in [1.165, 1.54) is 13.0 Å². The Balaban J connectivity index is 3.05. The Morgan fingerprint density at radius 2 is 2.22 bits per heavy atom. The number of hydrogen-bond acceptors (Lipinski definition) is 4. The standard InChI is InChI=1S/C12H16F2N2O2/c1-3-18-11(17)5-10-8(6-15)4-9(12(13)14)7(2)16-10/h4,12H,3,5-6,15H2,1-2H3. The van der Waals surface area contributed by atoms with Crippen LogP contribution in [0.3, 0.4) is 0 Å². The van der Waals surface area contributed by atoms with Crippen molar-refractivity contribution in [2.24, 2.45) is 5.73 Å². The number of ether oxygens (including phenoxy) is 1. The van der Waals surface area contributed by atoms with E-state index < -0.39 is 12.4 Å². The zero-order chi connectivity index (χ0) is 13.7. The minimum atomic E-state index is -2.60. The van der Waals surface area contributed by atoms with E-state index in [0.29, 0.717) is 11.3 Å². The van der Waals surface area contributed by atoms with Gasteiger partial charge in [-0.2, -0.15) is 0 Å². The molecule has 100 valence electrons. The minimum absolute atomic E-state index is 0.0509. The highest BCUT2D eigenvalue weighted by atomic mass is 19.3. The molecule has 1 rings (SSSR count). The highest BCUT2D eigenvalue weighted by molar-refractivity contribution is 5.72. The highest BCUT2D eigenvalue weighted by Crippen LogP contribution is 2.24. The first-order valence-electron chi connectivity index (χ1n) is 5.62. The monoisotopic (exact) mass is 258 g/mol. The van der Waals surface area contributed by atoms with Gasteiger partial charge in [0.15, 0.2) is 0 Å². The van der Waals surface area contributed by atoms with Crippen LogP contribution < -0.4 is 5.73 Å². The molecule has 6 heteroatoms. The third kappa shape index (κ3) is 3.46. The van der Waals surface area contributed by atoms with Crippen LogP contribution in [0.25, 0.3) is 0 Å². The third-order valence-corrected chi connectivity index (χ3v) is 2.49. The lowest BCUT2D eigenvalue weighted by molar-refractivity contribution is -0.142. The van der Waals surface area contributed by atoms with E-state index in [0.717, 1.165) is 0 Å². The topological polar surface area (TPSA) is 65.2 Å². The van der Waals surface area contributed by atoms with E-state index in [-0.39, 0.29) is 30.8 Å². The number of pyridine rings is 1. The number of aromatic nitrogens is 1. The fraction of sp³-hybridized carbons (Fsp3) is 0.500. The van der Waals surface area contributed by atoms with Crippen molar-refractivity contribution in [2.45, 2.75) is 33.2 Å². The Hall–Kier alpha value is -1.56. The normalized spacial score (nSPS) is 10.8. The largest absolute Gasteiger partial charge is 0.466 e. The van der Waals surface area contributed by atoms with Gasteiger partial charge in [0.25, 0.3) is 6.43 Å². The molecule has 0 aliphatic carbocycles. The van der Waals surface area contributed by atoms with Gasteiger partial charge in [0, 0.05) is 17.8 Å². The number of carbonyl (C=O) groups is 1. The van der Waals surface area contributed by atoms with Gasteiger partial charge < -0.3 is 10.5 Å². The summed E-state index contributed by atoms with van der Waals surface area (Å²) in [5.41, 5.74) is 6.39. The SMILES string of the molecule is CCOC(=O)Cc1nc(C)c(C(F)F)cc1CN. The van der Waals surface area contributed by atoms with Gasteiger partial charge in [-0.15, -0.1) is 0 Å². The predicted octanol–water partition coefficient (Wildman–Crippen LogP) is 1.89. The van der Waals surface area contributed by atoms with Crippen molar-refractivity contribution < 1.29 is 18.3 Å². The van der Waals surface area contributed by atoms with Crippen molar-refractivity contribution in [3.63, 3.8) is 0 Å². The van der Waals surface area contributed by atoms with Gasteiger partial charge in [0.1, 0.15) is 0 Å². The van der Waals surface area contributed by atoms with E-state index in [1.807, 2.05) is 0 Å². The Bertz CT molecular complexity index is 436.